The first-order valence-electron chi connectivity index (χ1n) is 6.46. The number of rotatable bonds is 0. The topological polar surface area (TPSA) is 97.2 Å². The summed E-state index contributed by atoms with van der Waals surface area (Å²) in [7, 11) is 0. The van der Waals surface area contributed by atoms with Crippen molar-refractivity contribution in [1.82, 2.24) is 4.98 Å². The number of benzene rings is 2. The van der Waals surface area contributed by atoms with Crippen LogP contribution in [0.2, 0.25) is 0 Å². The van der Waals surface area contributed by atoms with Crippen LogP contribution in [0.3, 0.4) is 0 Å². The Bertz CT molecular complexity index is 1100. The minimum Gasteiger partial charge on any atom is -0.372 e. The largest absolute Gasteiger partial charge is 0.419 e. The summed E-state index contributed by atoms with van der Waals surface area (Å²) in [6, 6.07) is 9.22. The van der Waals surface area contributed by atoms with E-state index in [1.165, 1.54) is 12.1 Å². The number of hydrogen-bond donors (Lipinski definition) is 1. The van der Waals surface area contributed by atoms with E-state index in [1.54, 1.807) is 24.3 Å². The van der Waals surface area contributed by atoms with Gasteiger partial charge in [0, 0.05) is 16.7 Å². The summed E-state index contributed by atoms with van der Waals surface area (Å²) in [5.74, 6) is -1.69. The van der Waals surface area contributed by atoms with Gasteiger partial charge in [0.1, 0.15) is 0 Å². The Morgan fingerprint density at radius 1 is 0.773 bits per heavy atom. The molecule has 0 amide bonds. The van der Waals surface area contributed by atoms with Gasteiger partial charge in [-0.1, -0.05) is 24.3 Å². The summed E-state index contributed by atoms with van der Waals surface area (Å²) in [6.07, 6.45) is 0. The maximum absolute atomic E-state index is 12.7. The van der Waals surface area contributed by atoms with Crippen molar-refractivity contribution in [3.05, 3.63) is 79.6 Å². The molecule has 0 radical (unpaired) electrons. The lowest BCUT2D eigenvalue weighted by Gasteiger charge is -2.18. The average molecular weight is 293 g/mol. The minimum atomic E-state index is -0.968. The van der Waals surface area contributed by atoms with Gasteiger partial charge in [0.25, 0.3) is 0 Å². The first kappa shape index (κ1) is 12.5. The van der Waals surface area contributed by atoms with Gasteiger partial charge < -0.3 is 4.42 Å². The lowest BCUT2D eigenvalue weighted by Crippen LogP contribution is -2.24. The Kier molecular flexibility index (Phi) is 2.33. The molecule has 6 nitrogen and oxygen atoms in total. The molecule has 106 valence electrons. The molecule has 0 aliphatic heterocycles. The van der Waals surface area contributed by atoms with E-state index in [9.17, 15) is 19.2 Å². The maximum atomic E-state index is 12.7. The molecule has 0 atom stereocenters. The lowest BCUT2D eigenvalue weighted by atomic mass is 9.83. The van der Waals surface area contributed by atoms with E-state index < -0.39 is 17.2 Å². The molecule has 1 N–H and O–H groups in total. The van der Waals surface area contributed by atoms with Gasteiger partial charge in [-0.2, -0.15) is 0 Å². The first-order chi connectivity index (χ1) is 10.6. The van der Waals surface area contributed by atoms with Crippen molar-refractivity contribution in [2.24, 2.45) is 0 Å². The van der Waals surface area contributed by atoms with Crippen LogP contribution in [0.5, 0.6) is 0 Å². The Morgan fingerprint density at radius 3 is 2.18 bits per heavy atom. The molecule has 0 bridgehead atoms. The summed E-state index contributed by atoms with van der Waals surface area (Å²) in [5.41, 5.74) is -0.0536. The summed E-state index contributed by atoms with van der Waals surface area (Å²) in [6.45, 7) is 0. The van der Waals surface area contributed by atoms with Crippen LogP contribution in [-0.4, -0.2) is 16.6 Å². The van der Waals surface area contributed by atoms with E-state index in [4.69, 9.17) is 0 Å². The predicted molar refractivity (Wildman–Crippen MR) is 76.4 cm³/mol. The number of fused-ring (bicyclic) bond motifs is 4. The lowest BCUT2D eigenvalue weighted by molar-refractivity contribution is 0.0980. The van der Waals surface area contributed by atoms with Crippen molar-refractivity contribution in [2.45, 2.75) is 0 Å². The highest BCUT2D eigenvalue weighted by Gasteiger charge is 2.31. The highest BCUT2D eigenvalue weighted by Crippen LogP contribution is 2.30. The molecular formula is C16H7NO5. The molecule has 0 saturated carbocycles. The van der Waals surface area contributed by atoms with Gasteiger partial charge in [0.2, 0.25) is 0 Å². The third-order valence-corrected chi connectivity index (χ3v) is 3.73. The predicted octanol–water partition coefficient (Wildman–Crippen LogP) is 1.26. The van der Waals surface area contributed by atoms with Crippen LogP contribution in [0.4, 0.5) is 0 Å². The zero-order chi connectivity index (χ0) is 15.4. The van der Waals surface area contributed by atoms with Gasteiger partial charge in [-0.25, -0.2) is 9.59 Å². The normalized spacial score (nSPS) is 13.1. The Morgan fingerprint density at radius 2 is 1.45 bits per heavy atom. The molecule has 1 aromatic heterocycles. The maximum Gasteiger partial charge on any atom is 0.419 e. The van der Waals surface area contributed by atoms with Gasteiger partial charge >= 0.3 is 11.4 Å². The summed E-state index contributed by atoms with van der Waals surface area (Å²) in [4.78, 5) is 50.7. The third kappa shape index (κ3) is 1.49. The SMILES string of the molecule is O=C1c2ccccc2C(=O)c2c1ccc1c(=O)oc(=O)[nH]c21. The number of aromatic amines is 1. The second kappa shape index (κ2) is 4.11. The van der Waals surface area contributed by atoms with E-state index >= 15 is 0 Å². The van der Waals surface area contributed by atoms with Crippen LogP contribution >= 0.6 is 0 Å². The molecule has 1 aliphatic rings. The highest BCUT2D eigenvalue weighted by atomic mass is 16.4. The van der Waals surface area contributed by atoms with Crippen molar-refractivity contribution >= 4 is 22.5 Å². The van der Waals surface area contributed by atoms with Gasteiger partial charge in [0.05, 0.1) is 16.5 Å². The monoisotopic (exact) mass is 293 g/mol. The molecule has 0 saturated heterocycles. The van der Waals surface area contributed by atoms with Crippen LogP contribution in [0.1, 0.15) is 31.8 Å². The number of nitrogens with one attached hydrogen (secondary N) is 1. The molecule has 1 aliphatic carbocycles. The number of carbonyl (C=O) groups is 2. The van der Waals surface area contributed by atoms with E-state index in [2.05, 4.69) is 9.40 Å². The molecule has 4 rings (SSSR count). The molecule has 0 spiro atoms. The molecule has 22 heavy (non-hydrogen) atoms. The van der Waals surface area contributed by atoms with Crippen molar-refractivity contribution < 1.29 is 14.0 Å². The molecule has 0 fully saturated rings. The van der Waals surface area contributed by atoms with Gasteiger partial charge in [-0.05, 0) is 12.1 Å². The third-order valence-electron chi connectivity index (χ3n) is 3.73. The smallest absolute Gasteiger partial charge is 0.372 e. The van der Waals surface area contributed by atoms with Crippen molar-refractivity contribution in [2.75, 3.05) is 0 Å². The van der Waals surface area contributed by atoms with E-state index in [0.717, 1.165) is 0 Å². The Hall–Kier alpha value is -3.28. The van der Waals surface area contributed by atoms with E-state index in [-0.39, 0.29) is 33.4 Å². The summed E-state index contributed by atoms with van der Waals surface area (Å²) >= 11 is 0. The van der Waals surface area contributed by atoms with Crippen molar-refractivity contribution in [3.8, 4) is 0 Å². The Balaban J connectivity index is 2.20. The second-order valence-corrected chi connectivity index (χ2v) is 4.92. The average Bonchev–Trinajstić information content (AvgIpc) is 2.51. The number of hydrogen-bond acceptors (Lipinski definition) is 5. The molecule has 0 unspecified atom stereocenters. The fourth-order valence-electron chi connectivity index (χ4n) is 2.75. The number of carbonyl (C=O) groups excluding carboxylic acids is 2. The van der Waals surface area contributed by atoms with Crippen LogP contribution in [-0.2, 0) is 0 Å². The summed E-state index contributed by atoms with van der Waals surface area (Å²) in [5, 5.41) is 0.0545. The fraction of sp³-hybridized carbons (Fsp3) is 0. The zero-order valence-electron chi connectivity index (χ0n) is 11.0. The van der Waals surface area contributed by atoms with Crippen LogP contribution < -0.4 is 11.4 Å². The van der Waals surface area contributed by atoms with E-state index in [1.807, 2.05) is 0 Å². The van der Waals surface area contributed by atoms with Crippen molar-refractivity contribution in [3.63, 3.8) is 0 Å². The molecule has 3 aromatic rings. The molecule has 2 aromatic carbocycles. The quantitative estimate of drug-likeness (QED) is 0.526. The van der Waals surface area contributed by atoms with E-state index in [0.29, 0.717) is 5.56 Å². The van der Waals surface area contributed by atoms with Gasteiger partial charge in [0.15, 0.2) is 11.6 Å². The minimum absolute atomic E-state index is 0.0335. The zero-order valence-corrected chi connectivity index (χ0v) is 11.0. The van der Waals surface area contributed by atoms with Crippen molar-refractivity contribution in [1.29, 1.82) is 0 Å². The van der Waals surface area contributed by atoms with Gasteiger partial charge in [-0.3, -0.25) is 14.6 Å². The van der Waals surface area contributed by atoms with Crippen LogP contribution in [0.15, 0.2) is 50.4 Å². The standard InChI is InChI=1S/C16H7NO5/c18-13-7-3-1-2-4-8(7)14(19)11-9(13)5-6-10-12(11)17-16(21)22-15(10)20/h1-6H,(H,17,21). The van der Waals surface area contributed by atoms with Crippen LogP contribution in [0, 0.1) is 0 Å². The molecular weight excluding hydrogens is 286 g/mol. The van der Waals surface area contributed by atoms with Crippen LogP contribution in [0.25, 0.3) is 10.9 Å². The number of aromatic nitrogens is 1. The molecule has 6 heteroatoms. The van der Waals surface area contributed by atoms with Gasteiger partial charge in [-0.15, -0.1) is 0 Å². The Labute approximate surface area is 122 Å². The first-order valence-corrected chi connectivity index (χ1v) is 6.46. The number of ketones is 2. The highest BCUT2D eigenvalue weighted by molar-refractivity contribution is 6.31. The summed E-state index contributed by atoms with van der Waals surface area (Å²) < 4.78 is 4.45. The molecule has 1 heterocycles. The number of H-pyrrole nitrogens is 1. The fourth-order valence-corrected chi connectivity index (χ4v) is 2.75. The second-order valence-electron chi connectivity index (χ2n) is 4.92.